The van der Waals surface area contributed by atoms with Gasteiger partial charge in [-0.05, 0) is 71.4 Å². The molecule has 2 aromatic heterocycles. The molecule has 1 atom stereocenters. The Balaban J connectivity index is 1.28. The molecule has 1 amide bonds. The van der Waals surface area contributed by atoms with E-state index in [4.69, 9.17) is 5.21 Å². The third-order valence-electron chi connectivity index (χ3n) is 7.40. The summed E-state index contributed by atoms with van der Waals surface area (Å²) >= 11 is 0. The maximum absolute atomic E-state index is 11.4. The summed E-state index contributed by atoms with van der Waals surface area (Å²) < 4.78 is 0. The molecule has 0 radical (unpaired) electrons. The number of H-pyrrole nitrogens is 2. The number of hydroxylamine groups is 1. The van der Waals surface area contributed by atoms with Gasteiger partial charge in [0.15, 0.2) is 0 Å². The van der Waals surface area contributed by atoms with Gasteiger partial charge < -0.3 is 9.97 Å². The SMILES string of the molecule is O=C(C=Cc1ccc2c(c1)CCC2N(CCc1c[nH]c2ccccc12)Cc1ccc2nc[nH]c2c1)NO. The molecule has 3 aromatic carbocycles. The largest absolute Gasteiger partial charge is 0.361 e. The average molecular weight is 492 g/mol. The minimum atomic E-state index is -0.531. The molecule has 186 valence electrons. The van der Waals surface area contributed by atoms with E-state index in [1.165, 1.54) is 39.2 Å². The predicted octanol–water partition coefficient (Wildman–Crippen LogP) is 5.30. The van der Waals surface area contributed by atoms with Gasteiger partial charge in [0, 0.05) is 42.3 Å². The first-order chi connectivity index (χ1) is 18.2. The fraction of sp³-hybridized carbons (Fsp3) is 0.200. The summed E-state index contributed by atoms with van der Waals surface area (Å²) in [5, 5.41) is 10.0. The lowest BCUT2D eigenvalue weighted by molar-refractivity contribution is -0.124. The Morgan fingerprint density at radius 3 is 2.95 bits per heavy atom. The first kappa shape index (κ1) is 23.2. The van der Waals surface area contributed by atoms with Crippen LogP contribution in [0.4, 0.5) is 0 Å². The Kier molecular flexibility index (Phi) is 6.30. The predicted molar refractivity (Wildman–Crippen MR) is 145 cm³/mol. The highest BCUT2D eigenvalue weighted by Gasteiger charge is 2.28. The van der Waals surface area contributed by atoms with Crippen molar-refractivity contribution >= 4 is 33.9 Å². The van der Waals surface area contributed by atoms with E-state index in [1.54, 1.807) is 17.9 Å². The number of hydrogen-bond donors (Lipinski definition) is 4. The van der Waals surface area contributed by atoms with Crippen molar-refractivity contribution in [3.8, 4) is 0 Å². The Morgan fingerprint density at radius 1 is 1.11 bits per heavy atom. The van der Waals surface area contributed by atoms with Crippen molar-refractivity contribution < 1.29 is 10.0 Å². The van der Waals surface area contributed by atoms with Crippen LogP contribution >= 0.6 is 0 Å². The van der Waals surface area contributed by atoms with Crippen LogP contribution in [0.5, 0.6) is 0 Å². The number of aromatic amines is 2. The first-order valence-corrected chi connectivity index (χ1v) is 12.6. The molecular weight excluding hydrogens is 462 g/mol. The van der Waals surface area contributed by atoms with Crippen molar-refractivity contribution in [2.45, 2.75) is 31.8 Å². The van der Waals surface area contributed by atoms with Crippen LogP contribution < -0.4 is 5.48 Å². The molecule has 1 aliphatic carbocycles. The van der Waals surface area contributed by atoms with Crippen molar-refractivity contribution in [3.05, 3.63) is 107 Å². The van der Waals surface area contributed by atoms with Gasteiger partial charge in [-0.3, -0.25) is 14.9 Å². The second kappa shape index (κ2) is 10.0. The van der Waals surface area contributed by atoms with Crippen LogP contribution in [-0.4, -0.2) is 37.5 Å². The van der Waals surface area contributed by atoms with Crippen LogP contribution in [0, 0.1) is 0 Å². The van der Waals surface area contributed by atoms with Crippen molar-refractivity contribution in [1.82, 2.24) is 25.3 Å². The van der Waals surface area contributed by atoms with Gasteiger partial charge in [0.1, 0.15) is 0 Å². The molecule has 0 bridgehead atoms. The summed E-state index contributed by atoms with van der Waals surface area (Å²) in [6.07, 6.45) is 9.97. The Labute approximate surface area is 214 Å². The lowest BCUT2D eigenvalue weighted by Crippen LogP contribution is -2.29. The van der Waals surface area contributed by atoms with Gasteiger partial charge in [-0.25, -0.2) is 10.5 Å². The molecule has 37 heavy (non-hydrogen) atoms. The molecular formula is C30H29N5O2. The van der Waals surface area contributed by atoms with Crippen molar-refractivity contribution in [2.24, 2.45) is 0 Å². The molecule has 1 unspecified atom stereocenters. The van der Waals surface area contributed by atoms with Crippen LogP contribution in [0.15, 0.2) is 79.3 Å². The number of benzene rings is 3. The van der Waals surface area contributed by atoms with E-state index in [-0.39, 0.29) is 0 Å². The number of rotatable bonds is 8. The molecule has 1 aliphatic rings. The Bertz CT molecular complexity index is 1600. The Hall–Kier alpha value is -4.20. The molecule has 6 rings (SSSR count). The van der Waals surface area contributed by atoms with Gasteiger partial charge in [0.2, 0.25) is 0 Å². The smallest absolute Gasteiger partial charge is 0.267 e. The summed E-state index contributed by atoms with van der Waals surface area (Å²) in [5.74, 6) is -0.531. The number of fused-ring (bicyclic) bond motifs is 3. The summed E-state index contributed by atoms with van der Waals surface area (Å²) in [7, 11) is 0. The second-order valence-electron chi connectivity index (χ2n) is 9.66. The molecule has 2 heterocycles. The molecule has 5 aromatic rings. The van der Waals surface area contributed by atoms with Gasteiger partial charge in [-0.15, -0.1) is 0 Å². The maximum Gasteiger partial charge on any atom is 0.267 e. The fourth-order valence-corrected chi connectivity index (χ4v) is 5.57. The highest BCUT2D eigenvalue weighted by Crippen LogP contribution is 2.37. The number of aryl methyl sites for hydroxylation is 1. The molecule has 0 fully saturated rings. The van der Waals surface area contributed by atoms with E-state index in [0.29, 0.717) is 6.04 Å². The van der Waals surface area contributed by atoms with Gasteiger partial charge >= 0.3 is 0 Å². The van der Waals surface area contributed by atoms with Gasteiger partial charge in [-0.2, -0.15) is 0 Å². The summed E-state index contributed by atoms with van der Waals surface area (Å²) in [4.78, 5) is 25.0. The van der Waals surface area contributed by atoms with Crippen molar-refractivity contribution in [3.63, 3.8) is 0 Å². The highest BCUT2D eigenvalue weighted by molar-refractivity contribution is 5.90. The quantitative estimate of drug-likeness (QED) is 0.135. The molecule has 7 nitrogen and oxygen atoms in total. The molecule has 0 spiro atoms. The monoisotopic (exact) mass is 491 g/mol. The number of para-hydroxylation sites is 1. The van der Waals surface area contributed by atoms with Gasteiger partial charge in [0.25, 0.3) is 5.91 Å². The van der Waals surface area contributed by atoms with E-state index < -0.39 is 5.91 Å². The lowest BCUT2D eigenvalue weighted by atomic mass is 10.0. The first-order valence-electron chi connectivity index (χ1n) is 12.6. The summed E-state index contributed by atoms with van der Waals surface area (Å²) in [6.45, 7) is 1.78. The third kappa shape index (κ3) is 4.79. The van der Waals surface area contributed by atoms with E-state index in [2.05, 4.69) is 80.6 Å². The maximum atomic E-state index is 11.4. The number of aromatic nitrogens is 3. The summed E-state index contributed by atoms with van der Waals surface area (Å²) in [5.41, 5.74) is 11.1. The van der Waals surface area contributed by atoms with Crippen LogP contribution in [0.25, 0.3) is 28.0 Å². The van der Waals surface area contributed by atoms with E-state index >= 15 is 0 Å². The number of imidazole rings is 1. The Morgan fingerprint density at radius 2 is 2.03 bits per heavy atom. The zero-order valence-electron chi connectivity index (χ0n) is 20.4. The van der Waals surface area contributed by atoms with Crippen LogP contribution in [-0.2, 0) is 24.2 Å². The van der Waals surface area contributed by atoms with Crippen LogP contribution in [0.3, 0.4) is 0 Å². The third-order valence-corrected chi connectivity index (χ3v) is 7.40. The number of nitrogens with zero attached hydrogens (tertiary/aromatic N) is 2. The minimum Gasteiger partial charge on any atom is -0.361 e. The van der Waals surface area contributed by atoms with Gasteiger partial charge in [-0.1, -0.05) is 42.5 Å². The molecule has 7 heteroatoms. The number of carbonyl (C=O) groups is 1. The lowest BCUT2D eigenvalue weighted by Gasteiger charge is -2.30. The van der Waals surface area contributed by atoms with Crippen LogP contribution in [0.1, 0.15) is 40.3 Å². The van der Waals surface area contributed by atoms with E-state index in [0.717, 1.165) is 48.9 Å². The highest BCUT2D eigenvalue weighted by atomic mass is 16.5. The topological polar surface area (TPSA) is 97.0 Å². The zero-order chi connectivity index (χ0) is 25.2. The van der Waals surface area contributed by atoms with Crippen molar-refractivity contribution in [2.75, 3.05) is 6.54 Å². The number of hydrogen-bond acceptors (Lipinski definition) is 4. The minimum absolute atomic E-state index is 0.316. The molecule has 0 saturated heterocycles. The standard InChI is InChI=1S/C30H29N5O2/c36-30(34-37)12-7-20-5-9-25-22(15-20)8-11-29(25)35(18-21-6-10-27-28(16-21)33-19-32-27)14-13-23-17-31-26-4-2-1-3-24(23)26/h1-7,9-10,12,15-17,19,29,31,37H,8,11,13-14,18H2,(H,32,33)(H,34,36). The average Bonchev–Trinajstić information content (AvgIpc) is 3.67. The van der Waals surface area contributed by atoms with E-state index in [1.807, 2.05) is 6.07 Å². The normalized spacial score (nSPS) is 15.2. The second-order valence-corrected chi connectivity index (χ2v) is 9.66. The number of carbonyl (C=O) groups excluding carboxylic acids is 1. The van der Waals surface area contributed by atoms with Gasteiger partial charge in [0.05, 0.1) is 17.4 Å². The number of nitrogens with one attached hydrogen (secondary N) is 3. The molecule has 0 aliphatic heterocycles. The number of amides is 1. The molecule has 4 N–H and O–H groups in total. The zero-order valence-corrected chi connectivity index (χ0v) is 20.4. The molecule has 0 saturated carbocycles. The fourth-order valence-electron chi connectivity index (χ4n) is 5.57. The van der Waals surface area contributed by atoms with Crippen LogP contribution in [0.2, 0.25) is 0 Å². The summed E-state index contributed by atoms with van der Waals surface area (Å²) in [6, 6.07) is 21.7. The van der Waals surface area contributed by atoms with Crippen molar-refractivity contribution in [1.29, 1.82) is 0 Å². The van der Waals surface area contributed by atoms with E-state index in [9.17, 15) is 4.79 Å².